The van der Waals surface area contributed by atoms with Crippen molar-refractivity contribution >= 4 is 37.8 Å². The number of rotatable bonds is 6. The zero-order valence-corrected chi connectivity index (χ0v) is 16.9. The van der Waals surface area contributed by atoms with Gasteiger partial charge in [0.15, 0.2) is 0 Å². The number of benzene rings is 2. The second-order valence-corrected chi connectivity index (χ2v) is 8.68. The average molecular weight is 453 g/mol. The molecule has 1 aliphatic heterocycles. The van der Waals surface area contributed by atoms with Crippen LogP contribution in [0, 0.1) is 0 Å². The maximum absolute atomic E-state index is 12.5. The third kappa shape index (κ3) is 3.98. The lowest BCUT2D eigenvalue weighted by atomic mass is 10.2. The molecule has 27 heavy (non-hydrogen) atoms. The zero-order chi connectivity index (χ0) is 19.6. The molecule has 0 saturated carbocycles. The van der Waals surface area contributed by atoms with Gasteiger partial charge in [0.1, 0.15) is 23.8 Å². The summed E-state index contributed by atoms with van der Waals surface area (Å²) in [5.74, 6) is -0.510. The first-order chi connectivity index (χ1) is 12.8. The molecule has 2 amide bonds. The van der Waals surface area contributed by atoms with Crippen molar-refractivity contribution in [3.05, 3.63) is 58.6 Å². The third-order valence-corrected chi connectivity index (χ3v) is 6.44. The Morgan fingerprint density at radius 1 is 1.15 bits per heavy atom. The summed E-state index contributed by atoms with van der Waals surface area (Å²) in [7, 11) is -2.46. The van der Waals surface area contributed by atoms with Crippen molar-refractivity contribution < 1.29 is 22.7 Å². The number of ether oxygens (including phenoxy) is 1. The minimum atomic E-state index is -3.99. The standard InChI is InChI=1S/C18H17BrN2O5S/c1-20(10-11-26-14-8-6-13(19)7-9-14)17(22)12-21-18(23)15-4-2-3-5-16(15)27(21,24)25/h2-9H,10-12H2,1H3. The molecular weight excluding hydrogens is 436 g/mol. The molecule has 0 saturated heterocycles. The van der Waals surface area contributed by atoms with Crippen LogP contribution in [0.2, 0.25) is 0 Å². The molecule has 0 spiro atoms. The molecule has 1 aliphatic rings. The molecule has 3 rings (SSSR count). The van der Waals surface area contributed by atoms with E-state index in [-0.39, 0.29) is 23.6 Å². The van der Waals surface area contributed by atoms with Gasteiger partial charge in [-0.1, -0.05) is 28.1 Å². The number of hydrogen-bond donors (Lipinski definition) is 0. The van der Waals surface area contributed by atoms with Gasteiger partial charge in [-0.3, -0.25) is 9.59 Å². The summed E-state index contributed by atoms with van der Waals surface area (Å²) < 4.78 is 32.1. The third-order valence-electron chi connectivity index (χ3n) is 4.13. The average Bonchev–Trinajstić information content (AvgIpc) is 2.84. The summed E-state index contributed by atoms with van der Waals surface area (Å²) in [5, 5.41) is 0. The van der Waals surface area contributed by atoms with E-state index in [2.05, 4.69) is 15.9 Å². The van der Waals surface area contributed by atoms with Gasteiger partial charge >= 0.3 is 0 Å². The van der Waals surface area contributed by atoms with Gasteiger partial charge in [-0.2, -0.15) is 0 Å². The number of carbonyl (C=O) groups is 2. The summed E-state index contributed by atoms with van der Waals surface area (Å²) in [4.78, 5) is 26.0. The highest BCUT2D eigenvalue weighted by atomic mass is 79.9. The molecule has 0 aliphatic carbocycles. The van der Waals surface area contributed by atoms with E-state index in [0.717, 1.165) is 4.47 Å². The Kier molecular flexibility index (Phi) is 5.52. The summed E-state index contributed by atoms with van der Waals surface area (Å²) in [6, 6.07) is 13.2. The topological polar surface area (TPSA) is 84.0 Å². The fourth-order valence-corrected chi connectivity index (χ4v) is 4.37. The van der Waals surface area contributed by atoms with E-state index in [1.54, 1.807) is 24.3 Å². The molecule has 1 heterocycles. The summed E-state index contributed by atoms with van der Waals surface area (Å²) >= 11 is 3.33. The molecule has 0 atom stereocenters. The fraction of sp³-hybridized carbons (Fsp3) is 0.222. The van der Waals surface area contributed by atoms with Gasteiger partial charge < -0.3 is 9.64 Å². The number of nitrogens with zero attached hydrogens (tertiary/aromatic N) is 2. The van der Waals surface area contributed by atoms with Crippen LogP contribution in [0.15, 0.2) is 57.9 Å². The van der Waals surface area contributed by atoms with Gasteiger partial charge in [0.25, 0.3) is 15.9 Å². The Hall–Kier alpha value is -2.39. The van der Waals surface area contributed by atoms with Gasteiger partial charge in [0.2, 0.25) is 5.91 Å². The normalized spacial score (nSPS) is 14.7. The highest BCUT2D eigenvalue weighted by molar-refractivity contribution is 9.10. The number of amides is 2. The molecule has 0 radical (unpaired) electrons. The molecule has 9 heteroatoms. The Balaban J connectivity index is 1.58. The Labute approximate surface area is 165 Å². The lowest BCUT2D eigenvalue weighted by Crippen LogP contribution is -2.42. The van der Waals surface area contributed by atoms with E-state index in [1.165, 1.54) is 24.1 Å². The fourth-order valence-electron chi connectivity index (χ4n) is 2.59. The van der Waals surface area contributed by atoms with Crippen LogP contribution in [0.5, 0.6) is 5.75 Å². The second-order valence-electron chi connectivity index (χ2n) is 5.93. The number of hydrogen-bond acceptors (Lipinski definition) is 5. The molecule has 2 aromatic rings. The van der Waals surface area contributed by atoms with Crippen molar-refractivity contribution in [2.24, 2.45) is 0 Å². The van der Waals surface area contributed by atoms with Crippen molar-refractivity contribution in [2.75, 3.05) is 26.7 Å². The van der Waals surface area contributed by atoms with E-state index < -0.39 is 28.4 Å². The number of carbonyl (C=O) groups excluding carboxylic acids is 2. The minimum absolute atomic E-state index is 0.0657. The van der Waals surface area contributed by atoms with E-state index in [0.29, 0.717) is 10.1 Å². The predicted octanol–water partition coefficient (Wildman–Crippen LogP) is 2.13. The first-order valence-corrected chi connectivity index (χ1v) is 10.3. The maximum Gasteiger partial charge on any atom is 0.269 e. The van der Waals surface area contributed by atoms with Crippen LogP contribution in [-0.4, -0.2) is 56.2 Å². The lowest BCUT2D eigenvalue weighted by molar-refractivity contribution is -0.130. The van der Waals surface area contributed by atoms with E-state index in [4.69, 9.17) is 4.74 Å². The van der Waals surface area contributed by atoms with Crippen molar-refractivity contribution in [3.8, 4) is 5.75 Å². The van der Waals surface area contributed by atoms with Crippen LogP contribution in [0.4, 0.5) is 0 Å². The molecule has 142 valence electrons. The maximum atomic E-state index is 12.5. The van der Waals surface area contributed by atoms with E-state index in [9.17, 15) is 18.0 Å². The second kappa shape index (κ2) is 7.69. The number of halogens is 1. The first kappa shape index (κ1) is 19.4. The van der Waals surface area contributed by atoms with Gasteiger partial charge in [-0.15, -0.1) is 0 Å². The monoisotopic (exact) mass is 452 g/mol. The van der Waals surface area contributed by atoms with Crippen molar-refractivity contribution in [2.45, 2.75) is 4.90 Å². The Bertz CT molecular complexity index is 976. The van der Waals surface area contributed by atoms with Gasteiger partial charge in [-0.25, -0.2) is 12.7 Å². The lowest BCUT2D eigenvalue weighted by Gasteiger charge is -2.21. The predicted molar refractivity (Wildman–Crippen MR) is 102 cm³/mol. The highest BCUT2D eigenvalue weighted by Crippen LogP contribution is 2.29. The van der Waals surface area contributed by atoms with Crippen LogP contribution in [0.25, 0.3) is 0 Å². The van der Waals surface area contributed by atoms with Crippen LogP contribution in [0.1, 0.15) is 10.4 Å². The van der Waals surface area contributed by atoms with Crippen molar-refractivity contribution in [1.82, 2.24) is 9.21 Å². The van der Waals surface area contributed by atoms with Crippen LogP contribution < -0.4 is 4.74 Å². The smallest absolute Gasteiger partial charge is 0.269 e. The van der Waals surface area contributed by atoms with Gasteiger partial charge in [0.05, 0.1) is 12.1 Å². The number of likely N-dealkylation sites (N-methyl/N-ethyl adjacent to an activating group) is 1. The van der Waals surface area contributed by atoms with E-state index >= 15 is 0 Å². The van der Waals surface area contributed by atoms with E-state index in [1.807, 2.05) is 12.1 Å². The largest absolute Gasteiger partial charge is 0.492 e. The zero-order valence-electron chi connectivity index (χ0n) is 14.5. The van der Waals surface area contributed by atoms with Crippen molar-refractivity contribution in [1.29, 1.82) is 0 Å². The Morgan fingerprint density at radius 2 is 1.81 bits per heavy atom. The SMILES string of the molecule is CN(CCOc1ccc(Br)cc1)C(=O)CN1C(=O)c2ccccc2S1(=O)=O. The van der Waals surface area contributed by atoms with Crippen LogP contribution >= 0.6 is 15.9 Å². The molecule has 7 nitrogen and oxygen atoms in total. The quantitative estimate of drug-likeness (QED) is 0.670. The minimum Gasteiger partial charge on any atom is -0.492 e. The Morgan fingerprint density at radius 3 is 2.48 bits per heavy atom. The van der Waals surface area contributed by atoms with Crippen molar-refractivity contribution in [3.63, 3.8) is 0 Å². The molecule has 2 aromatic carbocycles. The molecule has 0 N–H and O–H groups in total. The molecule has 0 unspecified atom stereocenters. The molecule has 0 bridgehead atoms. The molecular formula is C18H17BrN2O5S. The molecule has 0 aromatic heterocycles. The summed E-state index contributed by atoms with van der Waals surface area (Å²) in [5.41, 5.74) is 0.0894. The van der Waals surface area contributed by atoms with Crippen LogP contribution in [-0.2, 0) is 14.8 Å². The number of sulfonamides is 1. The summed E-state index contributed by atoms with van der Waals surface area (Å²) in [6.07, 6.45) is 0. The van der Waals surface area contributed by atoms with Crippen LogP contribution in [0.3, 0.4) is 0 Å². The molecule has 0 fully saturated rings. The number of fused-ring (bicyclic) bond motifs is 1. The summed E-state index contributed by atoms with van der Waals surface area (Å²) in [6.45, 7) is -0.0423. The van der Waals surface area contributed by atoms with Gasteiger partial charge in [0, 0.05) is 11.5 Å². The first-order valence-electron chi connectivity index (χ1n) is 8.09. The van der Waals surface area contributed by atoms with Gasteiger partial charge in [-0.05, 0) is 36.4 Å². The highest BCUT2D eigenvalue weighted by Gasteiger charge is 2.42.